The van der Waals surface area contributed by atoms with Crippen LogP contribution in [0.15, 0.2) is 51.7 Å². The van der Waals surface area contributed by atoms with Crippen LogP contribution in [-0.4, -0.2) is 25.7 Å². The summed E-state index contributed by atoms with van der Waals surface area (Å²) in [6.45, 7) is 5.46. The Hall–Kier alpha value is -3.61. The zero-order valence-electron chi connectivity index (χ0n) is 17.9. The molecule has 0 bridgehead atoms. The summed E-state index contributed by atoms with van der Waals surface area (Å²) in [4.78, 5) is 36.9. The molecule has 0 aliphatic carbocycles. The molecule has 0 fully saturated rings. The number of hydrogen-bond donors (Lipinski definition) is 0. The standard InChI is InChI=1S/C24H24O7/c1-5-29-24(27)22(16-9-7-6-8-10-16)30-18-11-14(2)12-19-21(18)15(3)17(23(26)31-19)13-20(25)28-4/h6-12,22H,5,13H2,1-4H3. The van der Waals surface area contributed by atoms with Gasteiger partial charge >= 0.3 is 17.6 Å². The van der Waals surface area contributed by atoms with E-state index in [0.717, 1.165) is 5.56 Å². The van der Waals surface area contributed by atoms with Crippen molar-refractivity contribution >= 4 is 22.9 Å². The Morgan fingerprint density at radius 2 is 1.81 bits per heavy atom. The summed E-state index contributed by atoms with van der Waals surface area (Å²) < 4.78 is 21.5. The molecule has 0 spiro atoms. The summed E-state index contributed by atoms with van der Waals surface area (Å²) >= 11 is 0. The Bertz CT molecular complexity index is 1160. The van der Waals surface area contributed by atoms with Crippen molar-refractivity contribution in [2.45, 2.75) is 33.3 Å². The number of aryl methyl sites for hydroxylation is 2. The van der Waals surface area contributed by atoms with Gasteiger partial charge in [-0.2, -0.15) is 0 Å². The molecule has 1 atom stereocenters. The molecule has 1 aromatic heterocycles. The number of benzene rings is 2. The molecule has 0 saturated carbocycles. The predicted octanol–water partition coefficient (Wildman–Crippen LogP) is 3.81. The van der Waals surface area contributed by atoms with Gasteiger partial charge in [-0.15, -0.1) is 0 Å². The number of hydrogen-bond acceptors (Lipinski definition) is 7. The van der Waals surface area contributed by atoms with Crippen molar-refractivity contribution in [1.29, 1.82) is 0 Å². The normalized spacial score (nSPS) is 11.7. The lowest BCUT2D eigenvalue weighted by Crippen LogP contribution is -2.22. The van der Waals surface area contributed by atoms with E-state index in [-0.39, 0.29) is 18.6 Å². The Kier molecular flexibility index (Phi) is 6.74. The van der Waals surface area contributed by atoms with Gasteiger partial charge in [-0.3, -0.25) is 4.79 Å². The Labute approximate surface area is 179 Å². The summed E-state index contributed by atoms with van der Waals surface area (Å²) in [5.41, 5.74) is 1.81. The molecule has 31 heavy (non-hydrogen) atoms. The lowest BCUT2D eigenvalue weighted by molar-refractivity contribution is -0.151. The number of carbonyl (C=O) groups excluding carboxylic acids is 2. The molecule has 3 aromatic rings. The molecule has 0 aliphatic rings. The van der Waals surface area contributed by atoms with Gasteiger partial charge in [0.2, 0.25) is 6.10 Å². The third kappa shape index (κ3) is 4.77. The molecule has 7 nitrogen and oxygen atoms in total. The van der Waals surface area contributed by atoms with Crippen LogP contribution in [0.2, 0.25) is 0 Å². The minimum atomic E-state index is -1.01. The highest BCUT2D eigenvalue weighted by molar-refractivity contribution is 5.90. The summed E-state index contributed by atoms with van der Waals surface area (Å²) in [5, 5.41) is 0.509. The fraction of sp³-hybridized carbons (Fsp3) is 0.292. The third-order valence-corrected chi connectivity index (χ3v) is 4.88. The zero-order valence-corrected chi connectivity index (χ0v) is 17.9. The van der Waals surface area contributed by atoms with Crippen LogP contribution in [0.4, 0.5) is 0 Å². The van der Waals surface area contributed by atoms with Crippen LogP contribution in [0.25, 0.3) is 11.0 Å². The average molecular weight is 424 g/mol. The summed E-state index contributed by atoms with van der Waals surface area (Å²) in [6.07, 6.45) is -1.24. The fourth-order valence-corrected chi connectivity index (χ4v) is 3.38. The number of ether oxygens (including phenoxy) is 3. The summed E-state index contributed by atoms with van der Waals surface area (Å²) in [5.74, 6) is -0.740. The van der Waals surface area contributed by atoms with E-state index in [1.807, 2.05) is 13.0 Å². The van der Waals surface area contributed by atoms with Gasteiger partial charge in [-0.05, 0) is 44.0 Å². The van der Waals surface area contributed by atoms with Crippen LogP contribution < -0.4 is 10.4 Å². The number of rotatable bonds is 7. The van der Waals surface area contributed by atoms with Crippen LogP contribution >= 0.6 is 0 Å². The minimum absolute atomic E-state index is 0.181. The molecule has 7 heteroatoms. The Morgan fingerprint density at radius 3 is 2.45 bits per heavy atom. The highest BCUT2D eigenvalue weighted by atomic mass is 16.6. The number of fused-ring (bicyclic) bond motifs is 1. The summed E-state index contributed by atoms with van der Waals surface area (Å²) in [6, 6.07) is 12.5. The van der Waals surface area contributed by atoms with Crippen LogP contribution in [-0.2, 0) is 25.5 Å². The first-order valence-electron chi connectivity index (χ1n) is 9.87. The van der Waals surface area contributed by atoms with Crippen LogP contribution in [0.1, 0.15) is 35.3 Å². The monoisotopic (exact) mass is 424 g/mol. The van der Waals surface area contributed by atoms with E-state index in [1.165, 1.54) is 7.11 Å². The molecule has 2 aromatic carbocycles. The smallest absolute Gasteiger partial charge is 0.352 e. The van der Waals surface area contributed by atoms with Gasteiger partial charge in [-0.1, -0.05) is 30.3 Å². The number of methoxy groups -OCH3 is 1. The van der Waals surface area contributed by atoms with Crippen molar-refractivity contribution in [1.82, 2.24) is 0 Å². The second-order valence-electron chi connectivity index (χ2n) is 7.04. The van der Waals surface area contributed by atoms with Crippen molar-refractivity contribution in [2.24, 2.45) is 0 Å². The first-order chi connectivity index (χ1) is 14.8. The van der Waals surface area contributed by atoms with E-state index >= 15 is 0 Å². The molecule has 1 unspecified atom stereocenters. The predicted molar refractivity (Wildman–Crippen MR) is 114 cm³/mol. The molecule has 162 valence electrons. The highest BCUT2D eigenvalue weighted by Crippen LogP contribution is 2.34. The minimum Gasteiger partial charge on any atom is -0.473 e. The summed E-state index contributed by atoms with van der Waals surface area (Å²) in [7, 11) is 1.25. The number of carbonyl (C=O) groups is 2. The maximum Gasteiger partial charge on any atom is 0.352 e. The topological polar surface area (TPSA) is 92.0 Å². The second-order valence-corrected chi connectivity index (χ2v) is 7.04. The van der Waals surface area contributed by atoms with Gasteiger partial charge in [-0.25, -0.2) is 9.59 Å². The van der Waals surface area contributed by atoms with Gasteiger partial charge in [0.05, 0.1) is 31.1 Å². The second kappa shape index (κ2) is 9.47. The van der Waals surface area contributed by atoms with E-state index in [0.29, 0.717) is 27.8 Å². The molecule has 1 heterocycles. The lowest BCUT2D eigenvalue weighted by atomic mass is 10.0. The number of esters is 2. The quantitative estimate of drug-likeness (QED) is 0.421. The zero-order chi connectivity index (χ0) is 22.5. The van der Waals surface area contributed by atoms with Gasteiger partial charge in [0.25, 0.3) is 0 Å². The Morgan fingerprint density at radius 1 is 1.10 bits per heavy atom. The van der Waals surface area contributed by atoms with Crippen LogP contribution in [0, 0.1) is 13.8 Å². The van der Waals surface area contributed by atoms with Crippen LogP contribution in [0.3, 0.4) is 0 Å². The van der Waals surface area contributed by atoms with Crippen molar-refractivity contribution in [2.75, 3.05) is 13.7 Å². The van der Waals surface area contributed by atoms with E-state index in [2.05, 4.69) is 0 Å². The van der Waals surface area contributed by atoms with E-state index < -0.39 is 23.7 Å². The van der Waals surface area contributed by atoms with Gasteiger partial charge in [0, 0.05) is 5.56 Å². The maximum absolute atomic E-state index is 12.7. The molecule has 3 rings (SSSR count). The third-order valence-electron chi connectivity index (χ3n) is 4.88. The molecule has 0 aliphatic heterocycles. The van der Waals surface area contributed by atoms with Gasteiger partial charge < -0.3 is 18.6 Å². The highest BCUT2D eigenvalue weighted by Gasteiger charge is 2.26. The van der Waals surface area contributed by atoms with Gasteiger partial charge in [0.15, 0.2) is 0 Å². The maximum atomic E-state index is 12.7. The molecule has 0 radical (unpaired) electrons. The van der Waals surface area contributed by atoms with Crippen molar-refractivity contribution in [3.8, 4) is 5.75 Å². The molecule has 0 amide bonds. The van der Waals surface area contributed by atoms with E-state index in [4.69, 9.17) is 18.6 Å². The first-order valence-corrected chi connectivity index (χ1v) is 9.87. The largest absolute Gasteiger partial charge is 0.473 e. The Balaban J connectivity index is 2.17. The van der Waals surface area contributed by atoms with E-state index in [9.17, 15) is 14.4 Å². The lowest BCUT2D eigenvalue weighted by Gasteiger charge is -2.20. The van der Waals surface area contributed by atoms with Crippen molar-refractivity contribution in [3.63, 3.8) is 0 Å². The fourth-order valence-electron chi connectivity index (χ4n) is 3.38. The first kappa shape index (κ1) is 22.1. The van der Waals surface area contributed by atoms with E-state index in [1.54, 1.807) is 50.2 Å². The van der Waals surface area contributed by atoms with Crippen LogP contribution in [0.5, 0.6) is 5.75 Å². The van der Waals surface area contributed by atoms with Crippen molar-refractivity contribution < 1.29 is 28.2 Å². The molecular formula is C24H24O7. The average Bonchev–Trinajstić information content (AvgIpc) is 2.74. The molecular weight excluding hydrogens is 400 g/mol. The van der Waals surface area contributed by atoms with Crippen molar-refractivity contribution in [3.05, 3.63) is 75.1 Å². The molecule has 0 N–H and O–H groups in total. The molecule has 0 saturated heterocycles. The SMILES string of the molecule is CCOC(=O)C(Oc1cc(C)cc2oc(=O)c(CC(=O)OC)c(C)c12)c1ccccc1. The van der Waals surface area contributed by atoms with Gasteiger partial charge in [0.1, 0.15) is 11.3 Å².